The maximum Gasteiger partial charge on any atom is 0.416 e. The molecule has 0 aliphatic rings. The quantitative estimate of drug-likeness (QED) is 0.854. The molecule has 1 heterocycles. The number of amides is 2. The molecule has 0 saturated heterocycles. The van der Waals surface area contributed by atoms with E-state index in [1.165, 1.54) is 6.07 Å². The number of carbonyl (C=O) groups is 3. The van der Waals surface area contributed by atoms with Gasteiger partial charge in [-0.1, -0.05) is 6.07 Å². The number of hydrogen-bond acceptors (Lipinski definition) is 5. The number of imide groups is 1. The number of thiophene rings is 1. The smallest absolute Gasteiger partial charge is 0.416 e. The lowest BCUT2D eigenvalue weighted by Crippen LogP contribution is -2.33. The number of nitrogens with one attached hydrogen (secondary N) is 1. The predicted molar refractivity (Wildman–Crippen MR) is 78.5 cm³/mol. The van der Waals surface area contributed by atoms with Crippen molar-refractivity contribution in [2.45, 2.75) is 6.18 Å². The van der Waals surface area contributed by atoms with Crippen LogP contribution >= 0.6 is 11.3 Å². The number of halogens is 3. The number of ether oxygens (including phenoxy) is 1. The van der Waals surface area contributed by atoms with Crippen LogP contribution in [0, 0.1) is 0 Å². The molecule has 0 atom stereocenters. The SMILES string of the molecule is O=C(COC(=O)c1ccc(C(F)(F)F)cc1)NC(=O)c1cccs1. The first-order valence-corrected chi connectivity index (χ1v) is 7.37. The standard InChI is InChI=1S/C15H10F3NO4S/c16-15(17,18)10-5-3-9(4-6-10)14(22)23-8-12(20)19-13(21)11-2-1-7-24-11/h1-7H,8H2,(H,19,20,21). The molecule has 1 aromatic carbocycles. The van der Waals surface area contributed by atoms with Crippen molar-refractivity contribution in [2.75, 3.05) is 6.61 Å². The summed E-state index contributed by atoms with van der Waals surface area (Å²) in [5.74, 6) is -2.43. The van der Waals surface area contributed by atoms with Crippen molar-refractivity contribution < 1.29 is 32.3 Å². The van der Waals surface area contributed by atoms with Crippen LogP contribution in [-0.2, 0) is 15.7 Å². The van der Waals surface area contributed by atoms with Crippen molar-refractivity contribution in [3.05, 3.63) is 57.8 Å². The van der Waals surface area contributed by atoms with E-state index in [9.17, 15) is 27.6 Å². The number of alkyl halides is 3. The Morgan fingerprint density at radius 2 is 1.75 bits per heavy atom. The fraction of sp³-hybridized carbons (Fsp3) is 0.133. The monoisotopic (exact) mass is 357 g/mol. The molecule has 0 spiro atoms. The van der Waals surface area contributed by atoms with Gasteiger partial charge in [-0.25, -0.2) is 4.79 Å². The van der Waals surface area contributed by atoms with Crippen LogP contribution in [0.15, 0.2) is 41.8 Å². The molecular formula is C15H10F3NO4S. The Morgan fingerprint density at radius 1 is 1.08 bits per heavy atom. The highest BCUT2D eigenvalue weighted by atomic mass is 32.1. The van der Waals surface area contributed by atoms with E-state index >= 15 is 0 Å². The number of carbonyl (C=O) groups excluding carboxylic acids is 3. The van der Waals surface area contributed by atoms with Gasteiger partial charge in [0.15, 0.2) is 6.61 Å². The Hall–Kier alpha value is -2.68. The normalized spacial score (nSPS) is 11.0. The molecule has 0 unspecified atom stereocenters. The van der Waals surface area contributed by atoms with E-state index in [1.54, 1.807) is 11.4 Å². The van der Waals surface area contributed by atoms with Crippen LogP contribution in [-0.4, -0.2) is 24.4 Å². The highest BCUT2D eigenvalue weighted by Gasteiger charge is 2.30. The average Bonchev–Trinajstić information content (AvgIpc) is 3.06. The fourth-order valence-corrected chi connectivity index (χ4v) is 2.26. The predicted octanol–water partition coefficient (Wildman–Crippen LogP) is 2.88. The topological polar surface area (TPSA) is 72.5 Å². The molecule has 5 nitrogen and oxygen atoms in total. The average molecular weight is 357 g/mol. The summed E-state index contributed by atoms with van der Waals surface area (Å²) in [6, 6.07) is 6.50. The minimum absolute atomic E-state index is 0.139. The summed E-state index contributed by atoms with van der Waals surface area (Å²) < 4.78 is 41.9. The van der Waals surface area contributed by atoms with Gasteiger partial charge in [-0.05, 0) is 35.7 Å². The summed E-state index contributed by atoms with van der Waals surface area (Å²) in [5, 5.41) is 3.68. The van der Waals surface area contributed by atoms with E-state index < -0.39 is 36.1 Å². The Bertz CT molecular complexity index is 739. The molecule has 2 rings (SSSR count). The van der Waals surface area contributed by atoms with Gasteiger partial charge in [0.2, 0.25) is 0 Å². The molecule has 0 bridgehead atoms. The lowest BCUT2D eigenvalue weighted by Gasteiger charge is -2.08. The van der Waals surface area contributed by atoms with Gasteiger partial charge in [0, 0.05) is 0 Å². The summed E-state index contributed by atoms with van der Waals surface area (Å²) in [6.45, 7) is -0.725. The van der Waals surface area contributed by atoms with Crippen molar-refractivity contribution in [3.8, 4) is 0 Å². The third-order valence-electron chi connectivity index (χ3n) is 2.78. The maximum atomic E-state index is 12.4. The van der Waals surface area contributed by atoms with Crippen molar-refractivity contribution in [2.24, 2.45) is 0 Å². The second-order valence-electron chi connectivity index (χ2n) is 4.51. The van der Waals surface area contributed by atoms with Crippen LogP contribution in [0.1, 0.15) is 25.6 Å². The fourth-order valence-electron chi connectivity index (χ4n) is 1.64. The first kappa shape index (κ1) is 17.7. The van der Waals surface area contributed by atoms with Crippen LogP contribution in [0.2, 0.25) is 0 Å². The molecule has 0 aliphatic heterocycles. The third kappa shape index (κ3) is 4.66. The molecule has 126 valence electrons. The zero-order chi connectivity index (χ0) is 17.7. The molecule has 0 saturated carbocycles. The number of rotatable bonds is 4. The number of esters is 1. The van der Waals surface area contributed by atoms with Crippen LogP contribution in [0.4, 0.5) is 13.2 Å². The zero-order valence-electron chi connectivity index (χ0n) is 11.9. The molecule has 1 N–H and O–H groups in total. The van der Waals surface area contributed by atoms with Gasteiger partial charge in [0.05, 0.1) is 16.0 Å². The van der Waals surface area contributed by atoms with E-state index in [0.717, 1.165) is 35.6 Å². The van der Waals surface area contributed by atoms with Gasteiger partial charge >= 0.3 is 12.1 Å². The molecule has 9 heteroatoms. The van der Waals surface area contributed by atoms with Gasteiger partial charge in [-0.15, -0.1) is 11.3 Å². The van der Waals surface area contributed by atoms with Gasteiger partial charge < -0.3 is 4.74 Å². The first-order chi connectivity index (χ1) is 11.3. The van der Waals surface area contributed by atoms with E-state index in [-0.39, 0.29) is 5.56 Å². The molecule has 24 heavy (non-hydrogen) atoms. The molecule has 0 fully saturated rings. The Morgan fingerprint density at radius 3 is 2.29 bits per heavy atom. The second-order valence-corrected chi connectivity index (χ2v) is 5.45. The van der Waals surface area contributed by atoms with Crippen LogP contribution in [0.25, 0.3) is 0 Å². The van der Waals surface area contributed by atoms with E-state index in [0.29, 0.717) is 4.88 Å². The maximum absolute atomic E-state index is 12.4. The van der Waals surface area contributed by atoms with Crippen LogP contribution in [0.3, 0.4) is 0 Å². The molecule has 0 radical (unpaired) electrons. The molecule has 1 aromatic heterocycles. The van der Waals surface area contributed by atoms with Crippen molar-refractivity contribution >= 4 is 29.1 Å². The Kier molecular flexibility index (Phi) is 5.35. The second kappa shape index (κ2) is 7.26. The molecule has 2 amide bonds. The summed E-state index contributed by atoms with van der Waals surface area (Å²) >= 11 is 1.13. The third-order valence-corrected chi connectivity index (χ3v) is 3.65. The lowest BCUT2D eigenvalue weighted by molar-refractivity contribution is -0.137. The van der Waals surface area contributed by atoms with Gasteiger partial charge in [0.25, 0.3) is 11.8 Å². The number of benzene rings is 1. The van der Waals surface area contributed by atoms with Crippen molar-refractivity contribution in [1.82, 2.24) is 5.32 Å². The number of hydrogen-bond donors (Lipinski definition) is 1. The first-order valence-electron chi connectivity index (χ1n) is 6.49. The minimum Gasteiger partial charge on any atom is -0.452 e. The van der Waals surface area contributed by atoms with Crippen molar-refractivity contribution in [3.63, 3.8) is 0 Å². The minimum atomic E-state index is -4.51. The summed E-state index contributed by atoms with van der Waals surface area (Å²) in [6.07, 6.45) is -4.51. The van der Waals surface area contributed by atoms with E-state index in [4.69, 9.17) is 0 Å². The molecular weight excluding hydrogens is 347 g/mol. The summed E-state index contributed by atoms with van der Waals surface area (Å²) in [7, 11) is 0. The Balaban J connectivity index is 1.86. The zero-order valence-corrected chi connectivity index (χ0v) is 12.7. The Labute approximate surface area is 138 Å². The van der Waals surface area contributed by atoms with E-state index in [1.807, 2.05) is 5.32 Å². The highest BCUT2D eigenvalue weighted by Crippen LogP contribution is 2.29. The molecule has 0 aliphatic carbocycles. The highest BCUT2D eigenvalue weighted by molar-refractivity contribution is 7.12. The van der Waals surface area contributed by atoms with Gasteiger partial charge in [-0.3, -0.25) is 14.9 Å². The van der Waals surface area contributed by atoms with Crippen LogP contribution in [0.5, 0.6) is 0 Å². The summed E-state index contributed by atoms with van der Waals surface area (Å²) in [5.41, 5.74) is -1.04. The molecule has 2 aromatic rings. The largest absolute Gasteiger partial charge is 0.452 e. The van der Waals surface area contributed by atoms with Crippen molar-refractivity contribution in [1.29, 1.82) is 0 Å². The summed E-state index contributed by atoms with van der Waals surface area (Å²) in [4.78, 5) is 35.1. The van der Waals surface area contributed by atoms with Gasteiger partial charge in [-0.2, -0.15) is 13.2 Å². The lowest BCUT2D eigenvalue weighted by atomic mass is 10.1. The van der Waals surface area contributed by atoms with E-state index in [2.05, 4.69) is 4.74 Å². The van der Waals surface area contributed by atoms with Gasteiger partial charge in [0.1, 0.15) is 0 Å². The van der Waals surface area contributed by atoms with Crippen LogP contribution < -0.4 is 5.32 Å².